The van der Waals surface area contributed by atoms with E-state index in [0.717, 1.165) is 25.9 Å². The molecule has 18 heavy (non-hydrogen) atoms. The summed E-state index contributed by atoms with van der Waals surface area (Å²) in [6, 6.07) is 5.17. The highest BCUT2D eigenvalue weighted by atomic mass is 35.5. The average Bonchev–Trinajstić information content (AvgIpc) is 2.25. The standard InChI is InChI=1S/C12H16ClFN2.2ClH/c13-10-2-1-9(12(14)7-10)8-16-5-3-11(15)4-6-16;;/h1-2,7,11H,3-6,8,15H2;2*1H. The SMILES string of the molecule is Cl.Cl.NC1CCN(Cc2ccc(Cl)cc2F)CC1. The maximum Gasteiger partial charge on any atom is 0.129 e. The highest BCUT2D eigenvalue weighted by molar-refractivity contribution is 6.30. The first-order valence-electron chi connectivity index (χ1n) is 5.57. The molecule has 1 aliphatic rings. The van der Waals surface area contributed by atoms with Crippen LogP contribution in [0.3, 0.4) is 0 Å². The van der Waals surface area contributed by atoms with Crippen LogP contribution in [0.15, 0.2) is 18.2 Å². The molecule has 2 rings (SSSR count). The highest BCUT2D eigenvalue weighted by Crippen LogP contribution is 2.18. The number of likely N-dealkylation sites (tertiary alicyclic amines) is 1. The third-order valence-electron chi connectivity index (χ3n) is 3.04. The van der Waals surface area contributed by atoms with Crippen molar-refractivity contribution in [3.8, 4) is 0 Å². The minimum atomic E-state index is -0.220. The molecule has 6 heteroatoms. The molecule has 1 heterocycles. The predicted molar refractivity (Wildman–Crippen MR) is 78.4 cm³/mol. The summed E-state index contributed by atoms with van der Waals surface area (Å²) in [5.74, 6) is -0.220. The van der Waals surface area contributed by atoms with E-state index in [4.69, 9.17) is 17.3 Å². The Morgan fingerprint density at radius 1 is 1.28 bits per heavy atom. The zero-order valence-electron chi connectivity index (χ0n) is 9.94. The van der Waals surface area contributed by atoms with E-state index in [0.29, 0.717) is 23.2 Å². The Kier molecular flexibility index (Phi) is 8.15. The molecular formula is C12H18Cl3FN2. The Morgan fingerprint density at radius 2 is 1.89 bits per heavy atom. The smallest absolute Gasteiger partial charge is 0.129 e. The lowest BCUT2D eigenvalue weighted by Gasteiger charge is -2.30. The van der Waals surface area contributed by atoms with Gasteiger partial charge in [0.05, 0.1) is 0 Å². The van der Waals surface area contributed by atoms with Crippen LogP contribution in [0.25, 0.3) is 0 Å². The summed E-state index contributed by atoms with van der Waals surface area (Å²) in [5, 5.41) is 0.446. The van der Waals surface area contributed by atoms with Crippen molar-refractivity contribution < 1.29 is 4.39 Å². The first-order valence-corrected chi connectivity index (χ1v) is 5.95. The van der Waals surface area contributed by atoms with Crippen molar-refractivity contribution in [2.24, 2.45) is 5.73 Å². The molecule has 0 spiro atoms. The summed E-state index contributed by atoms with van der Waals surface area (Å²) in [7, 11) is 0. The summed E-state index contributed by atoms with van der Waals surface area (Å²) < 4.78 is 13.5. The van der Waals surface area contributed by atoms with Crippen LogP contribution in [0.4, 0.5) is 4.39 Å². The molecule has 1 fully saturated rings. The Bertz CT molecular complexity index is 368. The average molecular weight is 316 g/mol. The van der Waals surface area contributed by atoms with Gasteiger partial charge >= 0.3 is 0 Å². The maximum absolute atomic E-state index is 13.5. The van der Waals surface area contributed by atoms with Crippen LogP contribution in [-0.2, 0) is 6.54 Å². The first-order chi connectivity index (χ1) is 7.65. The zero-order valence-corrected chi connectivity index (χ0v) is 12.3. The van der Waals surface area contributed by atoms with Crippen molar-refractivity contribution in [1.29, 1.82) is 0 Å². The number of nitrogens with zero attached hydrogens (tertiary/aromatic N) is 1. The number of nitrogens with two attached hydrogens (primary N) is 1. The van der Waals surface area contributed by atoms with Crippen molar-refractivity contribution in [1.82, 2.24) is 4.90 Å². The van der Waals surface area contributed by atoms with Gasteiger partial charge in [0.2, 0.25) is 0 Å². The summed E-state index contributed by atoms with van der Waals surface area (Å²) in [6.45, 7) is 2.54. The van der Waals surface area contributed by atoms with Crippen molar-refractivity contribution >= 4 is 36.4 Å². The van der Waals surface area contributed by atoms with E-state index in [1.54, 1.807) is 12.1 Å². The van der Waals surface area contributed by atoms with Crippen LogP contribution >= 0.6 is 36.4 Å². The Morgan fingerprint density at radius 3 is 2.44 bits per heavy atom. The Labute approximate surface area is 124 Å². The van der Waals surface area contributed by atoms with Crippen LogP contribution in [0, 0.1) is 5.82 Å². The second-order valence-corrected chi connectivity index (χ2v) is 4.79. The molecule has 2 nitrogen and oxygen atoms in total. The number of benzene rings is 1. The van der Waals surface area contributed by atoms with Crippen LogP contribution in [0.5, 0.6) is 0 Å². The monoisotopic (exact) mass is 314 g/mol. The quantitative estimate of drug-likeness (QED) is 0.908. The third-order valence-corrected chi connectivity index (χ3v) is 3.28. The molecule has 1 saturated heterocycles. The maximum atomic E-state index is 13.5. The minimum absolute atomic E-state index is 0. The van der Waals surface area contributed by atoms with Crippen LogP contribution in [-0.4, -0.2) is 24.0 Å². The predicted octanol–water partition coefficient (Wildman–Crippen LogP) is 3.25. The summed E-state index contributed by atoms with van der Waals surface area (Å²) in [6.07, 6.45) is 1.99. The molecule has 1 aromatic rings. The molecule has 0 saturated carbocycles. The fourth-order valence-corrected chi connectivity index (χ4v) is 2.16. The molecule has 2 N–H and O–H groups in total. The van der Waals surface area contributed by atoms with Crippen LogP contribution < -0.4 is 5.73 Å². The van der Waals surface area contributed by atoms with Gasteiger partial charge in [-0.2, -0.15) is 0 Å². The van der Waals surface area contributed by atoms with Gasteiger partial charge in [-0.3, -0.25) is 4.90 Å². The van der Waals surface area contributed by atoms with Crippen LogP contribution in [0.1, 0.15) is 18.4 Å². The van der Waals surface area contributed by atoms with Crippen molar-refractivity contribution in [2.75, 3.05) is 13.1 Å². The number of hydrogen-bond donors (Lipinski definition) is 1. The lowest BCUT2D eigenvalue weighted by molar-refractivity contribution is 0.203. The summed E-state index contributed by atoms with van der Waals surface area (Å²) >= 11 is 5.71. The van der Waals surface area contributed by atoms with Gasteiger partial charge < -0.3 is 5.73 Å². The zero-order chi connectivity index (χ0) is 11.5. The van der Waals surface area contributed by atoms with Crippen molar-refractivity contribution in [3.05, 3.63) is 34.6 Å². The lowest BCUT2D eigenvalue weighted by atomic mass is 10.1. The number of hydrogen-bond acceptors (Lipinski definition) is 2. The van der Waals surface area contributed by atoms with Gasteiger partial charge in [0.25, 0.3) is 0 Å². The molecule has 0 bridgehead atoms. The minimum Gasteiger partial charge on any atom is -0.328 e. The van der Waals surface area contributed by atoms with E-state index < -0.39 is 0 Å². The van der Waals surface area contributed by atoms with Crippen molar-refractivity contribution in [2.45, 2.75) is 25.4 Å². The van der Waals surface area contributed by atoms with Crippen LogP contribution in [0.2, 0.25) is 5.02 Å². The molecule has 1 aromatic carbocycles. The Balaban J connectivity index is 0.00000144. The molecule has 104 valence electrons. The fraction of sp³-hybridized carbons (Fsp3) is 0.500. The van der Waals surface area contributed by atoms with E-state index in [1.807, 2.05) is 0 Å². The molecule has 0 atom stereocenters. The van der Waals surface area contributed by atoms with E-state index in [1.165, 1.54) is 6.07 Å². The van der Waals surface area contributed by atoms with Gasteiger partial charge in [-0.05, 0) is 38.1 Å². The normalized spacial score (nSPS) is 16.8. The van der Waals surface area contributed by atoms with Gasteiger partial charge in [-0.15, -0.1) is 24.8 Å². The molecule has 0 aliphatic carbocycles. The topological polar surface area (TPSA) is 29.3 Å². The van der Waals surface area contributed by atoms with Crippen molar-refractivity contribution in [3.63, 3.8) is 0 Å². The third kappa shape index (κ3) is 4.90. The molecule has 0 aromatic heterocycles. The van der Waals surface area contributed by atoms with E-state index >= 15 is 0 Å². The van der Waals surface area contributed by atoms with Gasteiger partial charge in [0, 0.05) is 23.2 Å². The number of rotatable bonds is 2. The second-order valence-electron chi connectivity index (χ2n) is 4.35. The molecular weight excluding hydrogens is 298 g/mol. The van der Waals surface area contributed by atoms with Gasteiger partial charge in [0.15, 0.2) is 0 Å². The lowest BCUT2D eigenvalue weighted by Crippen LogP contribution is -2.39. The van der Waals surface area contributed by atoms with Gasteiger partial charge in [0.1, 0.15) is 5.82 Å². The second kappa shape index (κ2) is 8.18. The van der Waals surface area contributed by atoms with E-state index in [9.17, 15) is 4.39 Å². The number of halogens is 4. The summed E-state index contributed by atoms with van der Waals surface area (Å²) in [5.41, 5.74) is 6.53. The molecule has 0 amide bonds. The highest BCUT2D eigenvalue weighted by Gasteiger charge is 2.17. The molecule has 0 unspecified atom stereocenters. The molecule has 0 radical (unpaired) electrons. The van der Waals surface area contributed by atoms with Gasteiger partial charge in [-0.1, -0.05) is 17.7 Å². The molecule has 1 aliphatic heterocycles. The Hall–Kier alpha value is -0.0600. The number of piperidine rings is 1. The van der Waals surface area contributed by atoms with E-state index in [2.05, 4.69) is 4.90 Å². The van der Waals surface area contributed by atoms with Gasteiger partial charge in [-0.25, -0.2) is 4.39 Å². The summed E-state index contributed by atoms with van der Waals surface area (Å²) in [4.78, 5) is 2.23. The first kappa shape index (κ1) is 17.9. The van der Waals surface area contributed by atoms with E-state index in [-0.39, 0.29) is 30.6 Å². The fourth-order valence-electron chi connectivity index (χ4n) is 2.00. The largest absolute Gasteiger partial charge is 0.328 e.